The molecule has 11 heteroatoms. The second-order valence-corrected chi connectivity index (χ2v) is 13.1. The molecule has 1 aliphatic heterocycles. The third-order valence-electron chi connectivity index (χ3n) is 7.43. The first-order valence-electron chi connectivity index (χ1n) is 14.2. The van der Waals surface area contributed by atoms with Crippen LogP contribution in [0.1, 0.15) is 41.1 Å². The normalized spacial score (nSPS) is 18.7. The van der Waals surface area contributed by atoms with Crippen LogP contribution in [-0.2, 0) is 32.6 Å². The number of nitrogens with one attached hydrogen (secondary N) is 2. The number of benzene rings is 4. The van der Waals surface area contributed by atoms with Gasteiger partial charge < -0.3 is 14.6 Å². The van der Waals surface area contributed by atoms with E-state index < -0.39 is 16.3 Å². The van der Waals surface area contributed by atoms with Gasteiger partial charge in [0, 0.05) is 24.3 Å². The molecule has 1 saturated heterocycles. The van der Waals surface area contributed by atoms with Crippen LogP contribution in [0.3, 0.4) is 0 Å². The van der Waals surface area contributed by atoms with E-state index in [1.54, 1.807) is 42.1 Å². The molecule has 2 heterocycles. The average molecular weight is 629 g/mol. The fraction of sp³-hybridized carbons (Fsp3) is 0.212. The summed E-state index contributed by atoms with van der Waals surface area (Å²) in [5, 5.41) is 17.0. The van der Waals surface area contributed by atoms with Gasteiger partial charge in [-0.3, -0.25) is 5.10 Å². The highest BCUT2D eigenvalue weighted by molar-refractivity contribution is 7.99. The van der Waals surface area contributed by atoms with Crippen molar-refractivity contribution in [2.75, 3.05) is 5.75 Å². The smallest absolute Gasteiger partial charge is 0.240 e. The summed E-state index contributed by atoms with van der Waals surface area (Å²) in [5.74, 6) is 0.671. The Morgan fingerprint density at radius 3 is 2.34 bits per heavy atom. The maximum atomic E-state index is 12.8. The van der Waals surface area contributed by atoms with Crippen LogP contribution in [0, 0.1) is 0 Å². The fourth-order valence-corrected chi connectivity index (χ4v) is 6.92. The molecule has 226 valence electrons. The topological polar surface area (TPSA) is 126 Å². The number of hydrogen-bond acceptors (Lipinski definition) is 8. The first kappa shape index (κ1) is 30.2. The van der Waals surface area contributed by atoms with Crippen LogP contribution in [0.25, 0.3) is 11.1 Å². The summed E-state index contributed by atoms with van der Waals surface area (Å²) in [4.78, 5) is 4.44. The van der Waals surface area contributed by atoms with Crippen LogP contribution >= 0.6 is 11.8 Å². The molecule has 0 spiro atoms. The number of rotatable bonds is 11. The van der Waals surface area contributed by atoms with Gasteiger partial charge >= 0.3 is 0 Å². The monoisotopic (exact) mass is 628 g/mol. The van der Waals surface area contributed by atoms with Gasteiger partial charge in [0.1, 0.15) is 6.33 Å². The third-order valence-corrected chi connectivity index (χ3v) is 9.86. The minimum atomic E-state index is -3.64. The zero-order valence-corrected chi connectivity index (χ0v) is 25.4. The number of H-pyrrole nitrogens is 1. The Morgan fingerprint density at radius 2 is 1.61 bits per heavy atom. The number of aromatic amines is 1. The van der Waals surface area contributed by atoms with Gasteiger partial charge in [0.25, 0.3) is 0 Å². The summed E-state index contributed by atoms with van der Waals surface area (Å²) in [5.41, 5.74) is 5.49. The molecule has 5 aromatic rings. The van der Waals surface area contributed by atoms with E-state index in [0.29, 0.717) is 12.2 Å². The lowest BCUT2D eigenvalue weighted by Gasteiger charge is -2.36. The lowest BCUT2D eigenvalue weighted by molar-refractivity contribution is -0.245. The Labute approximate surface area is 260 Å². The largest absolute Gasteiger partial charge is 0.392 e. The highest BCUT2D eigenvalue weighted by atomic mass is 32.2. The molecule has 9 nitrogen and oxygen atoms in total. The van der Waals surface area contributed by atoms with Crippen molar-refractivity contribution >= 4 is 21.8 Å². The SMILES string of the molecule is O=S(=O)(NCc1ccccc1-c1ccc([C@@H]2O[C@H](CSc3ncn[nH]3)C[C@H](c3ccc(CO)cc3)O2)cc1)c1ccccc1. The molecule has 4 aromatic carbocycles. The van der Waals surface area contributed by atoms with Crippen molar-refractivity contribution in [3.8, 4) is 11.1 Å². The van der Waals surface area contributed by atoms with Crippen LogP contribution in [0.2, 0.25) is 0 Å². The average Bonchev–Trinajstić information content (AvgIpc) is 3.61. The number of aromatic nitrogens is 3. The number of sulfonamides is 1. The Bertz CT molecular complexity index is 1750. The van der Waals surface area contributed by atoms with Gasteiger partial charge in [0.05, 0.1) is 23.7 Å². The van der Waals surface area contributed by atoms with E-state index in [9.17, 15) is 13.5 Å². The lowest BCUT2D eigenvalue weighted by atomic mass is 9.98. The van der Waals surface area contributed by atoms with E-state index in [1.807, 2.05) is 72.8 Å². The van der Waals surface area contributed by atoms with E-state index >= 15 is 0 Å². The molecule has 0 aliphatic carbocycles. The van der Waals surface area contributed by atoms with Crippen molar-refractivity contribution in [1.82, 2.24) is 19.9 Å². The highest BCUT2D eigenvalue weighted by Gasteiger charge is 2.32. The van der Waals surface area contributed by atoms with Gasteiger partial charge in [-0.2, -0.15) is 5.10 Å². The molecule has 3 atom stereocenters. The first-order chi connectivity index (χ1) is 21.5. The van der Waals surface area contributed by atoms with Crippen molar-refractivity contribution in [3.63, 3.8) is 0 Å². The lowest BCUT2D eigenvalue weighted by Crippen LogP contribution is -2.31. The summed E-state index contributed by atoms with van der Waals surface area (Å²) in [7, 11) is -3.64. The maximum absolute atomic E-state index is 12.8. The minimum absolute atomic E-state index is 0.0115. The molecule has 0 saturated carbocycles. The van der Waals surface area contributed by atoms with Crippen LogP contribution in [-0.4, -0.2) is 40.6 Å². The number of nitrogens with zero attached hydrogens (tertiary/aromatic N) is 2. The summed E-state index contributed by atoms with van der Waals surface area (Å²) in [6, 6.07) is 31.9. The zero-order chi connectivity index (χ0) is 30.4. The van der Waals surface area contributed by atoms with Crippen molar-refractivity contribution in [2.45, 2.75) is 48.1 Å². The molecular formula is C33H32N4O5S2. The number of hydrogen-bond donors (Lipinski definition) is 3. The third kappa shape index (κ3) is 7.27. The van der Waals surface area contributed by atoms with E-state index in [4.69, 9.17) is 9.47 Å². The second kappa shape index (κ2) is 13.9. The van der Waals surface area contributed by atoms with Gasteiger partial charge in [-0.05, 0) is 39.9 Å². The summed E-state index contributed by atoms with van der Waals surface area (Å²) in [6.45, 7) is 0.146. The molecule has 1 aromatic heterocycles. The van der Waals surface area contributed by atoms with E-state index in [2.05, 4.69) is 19.9 Å². The number of thioether (sulfide) groups is 1. The molecule has 1 aliphatic rings. The Hall–Kier alpha value is -3.84. The van der Waals surface area contributed by atoms with Crippen LogP contribution in [0.4, 0.5) is 0 Å². The highest BCUT2D eigenvalue weighted by Crippen LogP contribution is 2.39. The van der Waals surface area contributed by atoms with Crippen LogP contribution in [0.5, 0.6) is 0 Å². The van der Waals surface area contributed by atoms with Gasteiger partial charge in [-0.25, -0.2) is 18.1 Å². The van der Waals surface area contributed by atoms with E-state index in [-0.39, 0.29) is 30.3 Å². The summed E-state index contributed by atoms with van der Waals surface area (Å²) < 4.78 is 41.3. The van der Waals surface area contributed by atoms with E-state index in [0.717, 1.165) is 38.5 Å². The molecule has 3 N–H and O–H groups in total. The quantitative estimate of drug-likeness (QED) is 0.157. The van der Waals surface area contributed by atoms with Gasteiger partial charge in [0.15, 0.2) is 11.4 Å². The second-order valence-electron chi connectivity index (χ2n) is 10.4. The Kier molecular flexibility index (Phi) is 9.51. The van der Waals surface area contributed by atoms with Gasteiger partial charge in [-0.1, -0.05) is 103 Å². The predicted molar refractivity (Wildman–Crippen MR) is 168 cm³/mol. The number of ether oxygens (including phenoxy) is 2. The standard InChI is InChI=1S/C33H32N4O5S2/c38-20-23-10-12-25(13-11-23)31-18-28(21-43-33-34-22-35-37-33)41-32(42-31)26-16-14-24(15-17-26)30-9-5-4-6-27(30)19-36-44(39,40)29-7-2-1-3-8-29/h1-17,22,28,31-32,36,38H,18-21H2,(H,34,35,37)/t28-,31+,32+/m0/s1. The summed E-state index contributed by atoms with van der Waals surface area (Å²) >= 11 is 1.55. The first-order valence-corrected chi connectivity index (χ1v) is 16.7. The van der Waals surface area contributed by atoms with Crippen molar-refractivity contribution < 1.29 is 23.0 Å². The number of aliphatic hydroxyl groups excluding tert-OH is 1. The zero-order valence-electron chi connectivity index (χ0n) is 23.7. The van der Waals surface area contributed by atoms with Crippen LogP contribution in [0.15, 0.2) is 120 Å². The Morgan fingerprint density at radius 1 is 0.886 bits per heavy atom. The molecular weight excluding hydrogens is 597 g/mol. The number of aliphatic hydroxyl groups is 1. The molecule has 1 fully saturated rings. The maximum Gasteiger partial charge on any atom is 0.240 e. The molecule has 0 unspecified atom stereocenters. The minimum Gasteiger partial charge on any atom is -0.392 e. The molecule has 0 radical (unpaired) electrons. The summed E-state index contributed by atoms with van der Waals surface area (Å²) in [6.07, 6.45) is 1.26. The van der Waals surface area contributed by atoms with Crippen LogP contribution < -0.4 is 4.72 Å². The van der Waals surface area contributed by atoms with Crippen molar-refractivity contribution in [1.29, 1.82) is 0 Å². The van der Waals surface area contributed by atoms with Crippen molar-refractivity contribution in [2.24, 2.45) is 0 Å². The fourth-order valence-electron chi connectivity index (χ4n) is 5.09. The van der Waals surface area contributed by atoms with E-state index in [1.165, 1.54) is 6.33 Å². The predicted octanol–water partition coefficient (Wildman–Crippen LogP) is 5.78. The molecule has 0 bridgehead atoms. The Balaban J connectivity index is 1.20. The van der Waals surface area contributed by atoms with Gasteiger partial charge in [-0.15, -0.1) is 0 Å². The van der Waals surface area contributed by atoms with Crippen molar-refractivity contribution in [3.05, 3.63) is 132 Å². The molecule has 44 heavy (non-hydrogen) atoms. The van der Waals surface area contributed by atoms with Gasteiger partial charge in [0.2, 0.25) is 10.0 Å². The molecule has 0 amide bonds. The molecule has 6 rings (SSSR count).